The van der Waals surface area contributed by atoms with Crippen LogP contribution in [0.25, 0.3) is 11.1 Å². The Morgan fingerprint density at radius 3 is 1.66 bits per heavy atom. The first-order valence-corrected chi connectivity index (χ1v) is 12.7. The van der Waals surface area contributed by atoms with Crippen molar-refractivity contribution in [1.82, 2.24) is 0 Å². The number of aromatic hydroxyl groups is 5. The Balaban J connectivity index is 1.38. The van der Waals surface area contributed by atoms with Gasteiger partial charge in [-0.2, -0.15) is 0 Å². The summed E-state index contributed by atoms with van der Waals surface area (Å²) in [6.45, 7) is 0. The highest BCUT2D eigenvalue weighted by atomic mass is 16.6. The van der Waals surface area contributed by atoms with Crippen LogP contribution in [0.5, 0.6) is 46.0 Å². The van der Waals surface area contributed by atoms with E-state index < -0.39 is 53.9 Å². The number of aliphatic hydroxyl groups excluding tert-OH is 3. The Kier molecular flexibility index (Phi) is 5.42. The van der Waals surface area contributed by atoms with Crippen LogP contribution in [0.15, 0.2) is 60.7 Å². The minimum absolute atomic E-state index is 0.00161. The van der Waals surface area contributed by atoms with Gasteiger partial charge in [0.05, 0.1) is 0 Å². The van der Waals surface area contributed by atoms with Crippen molar-refractivity contribution in [3.05, 3.63) is 82.9 Å². The highest BCUT2D eigenvalue weighted by Gasteiger charge is 2.48. The molecule has 3 heterocycles. The maximum atomic E-state index is 11.4. The van der Waals surface area contributed by atoms with Gasteiger partial charge in [-0.1, -0.05) is 24.3 Å². The van der Waals surface area contributed by atoms with Crippen molar-refractivity contribution in [2.75, 3.05) is 0 Å². The maximum absolute atomic E-state index is 11.4. The molecule has 7 rings (SSSR count). The highest BCUT2D eigenvalue weighted by Crippen LogP contribution is 2.62. The summed E-state index contributed by atoms with van der Waals surface area (Å²) in [5.74, 6) is -2.02. The van der Waals surface area contributed by atoms with Crippen LogP contribution in [-0.2, 0) is 0 Å². The fraction of sp³-hybridized carbons (Fsp3) is 0.200. The Labute approximate surface area is 231 Å². The molecular formula is C30H24O11. The van der Waals surface area contributed by atoms with Crippen LogP contribution in [-0.4, -0.2) is 53.1 Å². The minimum atomic E-state index is -1.51. The zero-order valence-electron chi connectivity index (χ0n) is 21.0. The summed E-state index contributed by atoms with van der Waals surface area (Å²) in [6.07, 6.45) is -7.67. The normalized spacial score (nSPS) is 25.5. The first kappa shape index (κ1) is 25.1. The molecule has 3 aliphatic rings. The quantitative estimate of drug-likeness (QED) is 0.168. The van der Waals surface area contributed by atoms with E-state index in [2.05, 4.69) is 0 Å². The summed E-state index contributed by atoms with van der Waals surface area (Å²) >= 11 is 0. The topological polar surface area (TPSA) is 190 Å². The molecular weight excluding hydrogens is 536 g/mol. The molecule has 0 radical (unpaired) electrons. The number of phenolic OH excluding ortho intramolecular Hbond substituents is 5. The molecule has 0 bridgehead atoms. The number of fused-ring (bicyclic) bond motifs is 3. The van der Waals surface area contributed by atoms with Crippen LogP contribution in [0.3, 0.4) is 0 Å². The number of benzene rings is 4. The second-order valence-electron chi connectivity index (χ2n) is 10.3. The molecule has 3 aliphatic heterocycles. The van der Waals surface area contributed by atoms with E-state index >= 15 is 0 Å². The van der Waals surface area contributed by atoms with Gasteiger partial charge in [0.1, 0.15) is 29.8 Å². The zero-order chi connectivity index (χ0) is 28.7. The van der Waals surface area contributed by atoms with Gasteiger partial charge in [0.2, 0.25) is 11.5 Å². The average Bonchev–Trinajstić information content (AvgIpc) is 2.96. The molecule has 0 aromatic heterocycles. The number of aliphatic hydroxyl groups is 3. The van der Waals surface area contributed by atoms with Gasteiger partial charge >= 0.3 is 0 Å². The van der Waals surface area contributed by atoms with Crippen LogP contribution < -0.4 is 14.2 Å². The summed E-state index contributed by atoms with van der Waals surface area (Å²) in [5.41, 5.74) is 1.59. The molecule has 0 amide bonds. The molecule has 0 spiro atoms. The van der Waals surface area contributed by atoms with E-state index in [4.69, 9.17) is 14.2 Å². The van der Waals surface area contributed by atoms with E-state index in [-0.39, 0.29) is 51.0 Å². The fourth-order valence-electron chi connectivity index (χ4n) is 5.78. The standard InChI is InChI=1S/C30H24O11/c31-13-5-1-11(2-6-13)25-22(36)20(34)17-9-16-15-10-18(33)21(35)29-19(15)30(41-27(16)24(38)28(17)39-25)23(37)26(40-29)12-3-7-14(32)8-4-12/h1-10,20,22-23,25-26,30-38H/t20-,22-,23+,25-,26+,30+/m1/s1. The molecule has 4 aromatic rings. The summed E-state index contributed by atoms with van der Waals surface area (Å²) < 4.78 is 18.1. The van der Waals surface area contributed by atoms with Gasteiger partial charge in [-0.25, -0.2) is 0 Å². The summed E-state index contributed by atoms with van der Waals surface area (Å²) in [5, 5.41) is 85.4. The SMILES string of the molecule is Oc1ccc([C@H]2Oc3c(cc4c(c3O)O[C@H]3c5c-4cc(O)c(O)c5O[C@@H](c4ccc(O)cc4)[C@@H]3O)[C@@H](O)[C@H]2O)cc1. The van der Waals surface area contributed by atoms with Crippen molar-refractivity contribution >= 4 is 0 Å². The first-order valence-electron chi connectivity index (χ1n) is 12.7. The van der Waals surface area contributed by atoms with E-state index in [1.807, 2.05) is 0 Å². The lowest BCUT2D eigenvalue weighted by Gasteiger charge is -2.42. The molecule has 0 unspecified atom stereocenters. The monoisotopic (exact) mass is 560 g/mol. The Hall–Kier alpha value is -4.84. The lowest BCUT2D eigenvalue weighted by Crippen LogP contribution is -2.39. The Morgan fingerprint density at radius 1 is 0.512 bits per heavy atom. The summed E-state index contributed by atoms with van der Waals surface area (Å²) in [7, 11) is 0. The average molecular weight is 561 g/mol. The lowest BCUT2D eigenvalue weighted by atomic mass is 9.82. The number of phenols is 5. The predicted molar refractivity (Wildman–Crippen MR) is 140 cm³/mol. The van der Waals surface area contributed by atoms with Crippen molar-refractivity contribution in [3.8, 4) is 57.1 Å². The van der Waals surface area contributed by atoms with Crippen LogP contribution in [0, 0.1) is 0 Å². The van der Waals surface area contributed by atoms with Gasteiger partial charge in [0.25, 0.3) is 0 Å². The summed E-state index contributed by atoms with van der Waals surface area (Å²) in [6, 6.07) is 14.4. The Morgan fingerprint density at radius 2 is 1.05 bits per heavy atom. The first-order chi connectivity index (χ1) is 19.6. The van der Waals surface area contributed by atoms with Crippen molar-refractivity contribution in [2.45, 2.75) is 36.6 Å². The molecule has 0 aliphatic carbocycles. The molecule has 210 valence electrons. The second-order valence-corrected chi connectivity index (χ2v) is 10.3. The van der Waals surface area contributed by atoms with E-state index in [0.717, 1.165) is 0 Å². The van der Waals surface area contributed by atoms with Gasteiger partial charge in [0, 0.05) is 22.3 Å². The lowest BCUT2D eigenvalue weighted by molar-refractivity contribution is -0.0726. The molecule has 0 fully saturated rings. The predicted octanol–water partition coefficient (Wildman–Crippen LogP) is 3.34. The van der Waals surface area contributed by atoms with Crippen molar-refractivity contribution < 1.29 is 55.1 Å². The molecule has 11 heteroatoms. The number of hydrogen-bond acceptors (Lipinski definition) is 11. The van der Waals surface area contributed by atoms with E-state index in [0.29, 0.717) is 11.1 Å². The van der Waals surface area contributed by atoms with Crippen LogP contribution in [0.1, 0.15) is 46.7 Å². The van der Waals surface area contributed by atoms with Crippen molar-refractivity contribution in [2.24, 2.45) is 0 Å². The van der Waals surface area contributed by atoms with Crippen LogP contribution >= 0.6 is 0 Å². The third kappa shape index (κ3) is 3.63. The molecule has 4 aromatic carbocycles. The van der Waals surface area contributed by atoms with Gasteiger partial charge in [-0.05, 0) is 47.5 Å². The minimum Gasteiger partial charge on any atom is -0.508 e. The van der Waals surface area contributed by atoms with Gasteiger partial charge in [-0.3, -0.25) is 0 Å². The molecule has 6 atom stereocenters. The molecule has 8 N–H and O–H groups in total. The molecule has 41 heavy (non-hydrogen) atoms. The zero-order valence-corrected chi connectivity index (χ0v) is 21.0. The molecule has 0 saturated heterocycles. The van der Waals surface area contributed by atoms with Gasteiger partial charge in [-0.15, -0.1) is 0 Å². The maximum Gasteiger partial charge on any atom is 0.201 e. The Bertz CT molecular complexity index is 1680. The third-order valence-electron chi connectivity index (χ3n) is 7.84. The highest BCUT2D eigenvalue weighted by molar-refractivity contribution is 5.86. The molecule has 0 saturated carbocycles. The smallest absolute Gasteiger partial charge is 0.201 e. The van der Waals surface area contributed by atoms with Crippen LogP contribution in [0.4, 0.5) is 0 Å². The number of rotatable bonds is 2. The van der Waals surface area contributed by atoms with Gasteiger partial charge < -0.3 is 55.1 Å². The van der Waals surface area contributed by atoms with E-state index in [1.165, 1.54) is 60.7 Å². The number of ether oxygens (including phenoxy) is 3. The third-order valence-corrected chi connectivity index (χ3v) is 7.84. The van der Waals surface area contributed by atoms with Gasteiger partial charge in [0.15, 0.2) is 41.3 Å². The second kappa shape index (κ2) is 8.83. The van der Waals surface area contributed by atoms with Crippen LogP contribution in [0.2, 0.25) is 0 Å². The van der Waals surface area contributed by atoms with E-state index in [9.17, 15) is 40.9 Å². The van der Waals surface area contributed by atoms with E-state index in [1.54, 1.807) is 0 Å². The van der Waals surface area contributed by atoms with Crippen molar-refractivity contribution in [1.29, 1.82) is 0 Å². The fourth-order valence-corrected chi connectivity index (χ4v) is 5.78. The molecule has 11 nitrogen and oxygen atoms in total. The number of hydrogen-bond donors (Lipinski definition) is 8. The summed E-state index contributed by atoms with van der Waals surface area (Å²) in [4.78, 5) is 0. The van der Waals surface area contributed by atoms with Crippen molar-refractivity contribution in [3.63, 3.8) is 0 Å². The largest absolute Gasteiger partial charge is 0.508 e.